The first-order valence-electron chi connectivity index (χ1n) is 11.8. The Labute approximate surface area is 210 Å². The van der Waals surface area contributed by atoms with Crippen LogP contribution in [-0.4, -0.2) is 65.8 Å². The Kier molecular flexibility index (Phi) is 8.22. The zero-order valence-corrected chi connectivity index (χ0v) is 21.3. The van der Waals surface area contributed by atoms with Crippen LogP contribution in [0.4, 0.5) is 5.82 Å². The molecule has 10 heteroatoms. The Morgan fingerprint density at radius 2 is 1.97 bits per heavy atom. The third-order valence-corrected chi connectivity index (χ3v) is 6.44. The molecule has 1 saturated heterocycles. The van der Waals surface area contributed by atoms with E-state index in [0.29, 0.717) is 34.5 Å². The van der Waals surface area contributed by atoms with Gasteiger partial charge < -0.3 is 29.7 Å². The maximum absolute atomic E-state index is 10.0. The first-order chi connectivity index (χ1) is 16.9. The number of halogens is 1. The lowest BCUT2D eigenvalue weighted by atomic mass is 10.0. The Balaban J connectivity index is 1.76. The van der Waals surface area contributed by atoms with Crippen molar-refractivity contribution in [3.63, 3.8) is 0 Å². The van der Waals surface area contributed by atoms with E-state index in [1.54, 1.807) is 13.1 Å². The van der Waals surface area contributed by atoms with E-state index in [1.165, 1.54) is 0 Å². The summed E-state index contributed by atoms with van der Waals surface area (Å²) in [6.07, 6.45) is 1.15. The molecule has 3 N–H and O–H groups in total. The van der Waals surface area contributed by atoms with Gasteiger partial charge in [0.1, 0.15) is 30.0 Å². The normalized spacial score (nSPS) is 15.3. The molecule has 2 aromatic heterocycles. The predicted molar refractivity (Wildman–Crippen MR) is 135 cm³/mol. The minimum Gasteiger partial charge on any atom is -0.489 e. The van der Waals surface area contributed by atoms with Crippen molar-refractivity contribution < 1.29 is 19.1 Å². The highest BCUT2D eigenvalue weighted by Crippen LogP contribution is 2.38. The molecule has 1 aliphatic rings. The van der Waals surface area contributed by atoms with Gasteiger partial charge in [-0.05, 0) is 52.8 Å². The molecule has 1 atom stereocenters. The van der Waals surface area contributed by atoms with Crippen LogP contribution in [-0.2, 0) is 4.74 Å². The number of aromatic nitrogens is 3. The zero-order valence-electron chi connectivity index (χ0n) is 20.5. The van der Waals surface area contributed by atoms with Gasteiger partial charge >= 0.3 is 0 Å². The topological polar surface area (TPSA) is 115 Å². The van der Waals surface area contributed by atoms with Crippen molar-refractivity contribution in [1.29, 1.82) is 0 Å². The molecule has 0 saturated carbocycles. The summed E-state index contributed by atoms with van der Waals surface area (Å²) in [6, 6.07) is 5.72. The summed E-state index contributed by atoms with van der Waals surface area (Å²) in [5.41, 5.74) is 3.89. The fourth-order valence-corrected chi connectivity index (χ4v) is 4.42. The molecule has 3 aromatic rings. The lowest BCUT2D eigenvalue weighted by molar-refractivity contribution is 0.0904. The quantitative estimate of drug-likeness (QED) is 0.401. The number of anilines is 1. The number of aliphatic hydroxyl groups excluding tert-OH is 1. The second kappa shape index (κ2) is 11.3. The van der Waals surface area contributed by atoms with Crippen LogP contribution in [0.1, 0.15) is 29.9 Å². The average Bonchev–Trinajstić information content (AvgIpc) is 3.18. The summed E-state index contributed by atoms with van der Waals surface area (Å²) in [5, 5.41) is 21.0. The number of rotatable bonds is 9. The molecule has 0 radical (unpaired) electrons. The van der Waals surface area contributed by atoms with Gasteiger partial charge in [0.15, 0.2) is 5.82 Å². The second-order valence-corrected chi connectivity index (χ2v) is 9.12. The number of likely N-dealkylation sites (N-methyl/N-ethyl adjacent to an activating group) is 1. The average molecular weight is 502 g/mol. The van der Waals surface area contributed by atoms with E-state index >= 15 is 0 Å². The van der Waals surface area contributed by atoms with Crippen molar-refractivity contribution in [2.24, 2.45) is 0 Å². The molecule has 0 amide bonds. The fourth-order valence-electron chi connectivity index (χ4n) is 4.15. The summed E-state index contributed by atoms with van der Waals surface area (Å²) < 4.78 is 16.7. The van der Waals surface area contributed by atoms with Gasteiger partial charge in [-0.15, -0.1) is 0 Å². The summed E-state index contributed by atoms with van der Waals surface area (Å²) in [5.74, 6) is 2.35. The number of benzene rings is 1. The molecular weight excluding hydrogens is 470 g/mol. The molecule has 1 fully saturated rings. The number of nitrogens with zero attached hydrogens (tertiary/aromatic N) is 3. The van der Waals surface area contributed by atoms with Crippen LogP contribution in [0.2, 0.25) is 5.02 Å². The van der Waals surface area contributed by atoms with Crippen LogP contribution in [0.15, 0.2) is 22.7 Å². The zero-order chi connectivity index (χ0) is 24.9. The van der Waals surface area contributed by atoms with Crippen LogP contribution in [0.25, 0.3) is 22.6 Å². The van der Waals surface area contributed by atoms with Crippen LogP contribution in [0, 0.1) is 20.8 Å². The summed E-state index contributed by atoms with van der Waals surface area (Å²) >= 11 is 6.76. The molecule has 0 bridgehead atoms. The SMILES string of the molecule is CNCC(O)COc1cccc(-c2nc(NC3CCOCC3)c(C)c(-c3c(C)noc3C)n2)c1Cl. The number of ether oxygens (including phenoxy) is 2. The Bertz CT molecular complexity index is 1140. The first-order valence-corrected chi connectivity index (χ1v) is 12.2. The van der Waals surface area contributed by atoms with Gasteiger partial charge in [0, 0.05) is 36.9 Å². The highest BCUT2D eigenvalue weighted by molar-refractivity contribution is 6.34. The lowest BCUT2D eigenvalue weighted by Gasteiger charge is -2.25. The molecule has 4 rings (SSSR count). The van der Waals surface area contributed by atoms with E-state index in [1.807, 2.05) is 32.9 Å². The molecule has 9 nitrogen and oxygen atoms in total. The van der Waals surface area contributed by atoms with Gasteiger partial charge in [-0.25, -0.2) is 9.97 Å². The maximum atomic E-state index is 10.0. The lowest BCUT2D eigenvalue weighted by Crippen LogP contribution is -2.29. The Hall–Kier alpha value is -2.72. The number of aryl methyl sites for hydroxylation is 2. The molecule has 188 valence electrons. The Morgan fingerprint density at radius 3 is 2.66 bits per heavy atom. The van der Waals surface area contributed by atoms with Gasteiger partial charge in [-0.3, -0.25) is 0 Å². The second-order valence-electron chi connectivity index (χ2n) is 8.74. The molecule has 1 aliphatic heterocycles. The minimum atomic E-state index is -0.656. The number of nitrogens with one attached hydrogen (secondary N) is 2. The maximum Gasteiger partial charge on any atom is 0.163 e. The molecule has 1 unspecified atom stereocenters. The monoisotopic (exact) mass is 501 g/mol. The van der Waals surface area contributed by atoms with E-state index in [9.17, 15) is 5.11 Å². The van der Waals surface area contributed by atoms with Crippen LogP contribution >= 0.6 is 11.6 Å². The third kappa shape index (κ3) is 5.75. The molecule has 0 aliphatic carbocycles. The van der Waals surface area contributed by atoms with Gasteiger partial charge in [0.05, 0.1) is 22.0 Å². The number of aliphatic hydroxyl groups is 1. The summed E-state index contributed by atoms with van der Waals surface area (Å²) in [4.78, 5) is 9.79. The highest BCUT2D eigenvalue weighted by Gasteiger charge is 2.23. The Morgan fingerprint density at radius 1 is 1.20 bits per heavy atom. The van der Waals surface area contributed by atoms with Crippen LogP contribution in [0.5, 0.6) is 5.75 Å². The van der Waals surface area contributed by atoms with Crippen molar-refractivity contribution >= 4 is 17.4 Å². The van der Waals surface area contributed by atoms with Crippen LogP contribution < -0.4 is 15.4 Å². The van der Waals surface area contributed by atoms with Gasteiger partial charge in [-0.1, -0.05) is 22.8 Å². The van der Waals surface area contributed by atoms with E-state index < -0.39 is 6.10 Å². The minimum absolute atomic E-state index is 0.111. The van der Waals surface area contributed by atoms with Gasteiger partial charge in [-0.2, -0.15) is 0 Å². The summed E-state index contributed by atoms with van der Waals surface area (Å²) in [6.45, 7) is 7.74. The molecular formula is C25H32ClN5O4. The molecule has 3 heterocycles. The van der Waals surface area contributed by atoms with E-state index in [-0.39, 0.29) is 12.6 Å². The van der Waals surface area contributed by atoms with E-state index in [2.05, 4.69) is 15.8 Å². The van der Waals surface area contributed by atoms with Crippen molar-refractivity contribution in [3.8, 4) is 28.4 Å². The van der Waals surface area contributed by atoms with Crippen molar-refractivity contribution in [1.82, 2.24) is 20.4 Å². The summed E-state index contributed by atoms with van der Waals surface area (Å²) in [7, 11) is 1.77. The molecule has 1 aromatic carbocycles. The highest BCUT2D eigenvalue weighted by atomic mass is 35.5. The fraction of sp³-hybridized carbons (Fsp3) is 0.480. The number of hydrogen-bond donors (Lipinski definition) is 3. The molecule has 35 heavy (non-hydrogen) atoms. The standard InChI is InChI=1S/C25H32ClN5O4/c1-14-23(21-15(2)31-35-16(21)3)29-25(30-24(14)28-17-8-10-33-11-9-17)19-6-5-7-20(22(19)26)34-13-18(32)12-27-4/h5-7,17-18,27,32H,8-13H2,1-4H3,(H,28,29,30). The van der Waals surface area contributed by atoms with Gasteiger partial charge in [0.25, 0.3) is 0 Å². The first kappa shape index (κ1) is 25.4. The molecule has 0 spiro atoms. The smallest absolute Gasteiger partial charge is 0.163 e. The van der Waals surface area contributed by atoms with Crippen molar-refractivity contribution in [3.05, 3.63) is 40.2 Å². The van der Waals surface area contributed by atoms with E-state index in [4.69, 9.17) is 35.6 Å². The largest absolute Gasteiger partial charge is 0.489 e. The third-order valence-electron chi connectivity index (χ3n) is 6.05. The van der Waals surface area contributed by atoms with E-state index in [0.717, 1.165) is 54.4 Å². The number of hydrogen-bond acceptors (Lipinski definition) is 9. The predicted octanol–water partition coefficient (Wildman–Crippen LogP) is 3.93. The van der Waals surface area contributed by atoms with Gasteiger partial charge in [0.2, 0.25) is 0 Å². The van der Waals surface area contributed by atoms with Crippen LogP contribution in [0.3, 0.4) is 0 Å². The van der Waals surface area contributed by atoms with Crippen molar-refractivity contribution in [2.45, 2.75) is 45.8 Å². The van der Waals surface area contributed by atoms with Crippen molar-refractivity contribution in [2.75, 3.05) is 38.7 Å².